The van der Waals surface area contributed by atoms with Gasteiger partial charge in [-0.3, -0.25) is 0 Å². The molecule has 1 N–H and O–H groups in total. The molecule has 0 bridgehead atoms. The van der Waals surface area contributed by atoms with Gasteiger partial charge in [-0.1, -0.05) is 13.0 Å². The van der Waals surface area contributed by atoms with Gasteiger partial charge < -0.3 is 10.1 Å². The zero-order valence-corrected chi connectivity index (χ0v) is 10.8. The summed E-state index contributed by atoms with van der Waals surface area (Å²) in [5.41, 5.74) is 1.22. The zero-order valence-electron chi connectivity index (χ0n) is 10.8. The molecule has 0 aliphatic heterocycles. The van der Waals surface area contributed by atoms with Gasteiger partial charge in [0.2, 0.25) is 5.88 Å². The third-order valence-corrected chi connectivity index (χ3v) is 3.12. The lowest BCUT2D eigenvalue weighted by molar-refractivity contribution is 0.288. The summed E-state index contributed by atoms with van der Waals surface area (Å²) in [6.45, 7) is 6.21. The smallest absolute Gasteiger partial charge is 0.213 e. The molecule has 0 spiro atoms. The lowest BCUT2D eigenvalue weighted by Gasteiger charge is -2.13. The predicted octanol–water partition coefficient (Wildman–Crippen LogP) is 2.93. The Kier molecular flexibility index (Phi) is 4.37. The van der Waals surface area contributed by atoms with Crippen LogP contribution in [0.1, 0.15) is 44.7 Å². The first-order valence-electron chi connectivity index (χ1n) is 6.61. The van der Waals surface area contributed by atoms with E-state index in [-0.39, 0.29) is 0 Å². The highest BCUT2D eigenvalue weighted by molar-refractivity contribution is 5.20. The Hall–Kier alpha value is -1.09. The molecule has 1 unspecified atom stereocenters. The molecule has 0 saturated heterocycles. The topological polar surface area (TPSA) is 34.1 Å². The van der Waals surface area contributed by atoms with E-state index in [1.165, 1.54) is 18.4 Å². The van der Waals surface area contributed by atoms with Gasteiger partial charge in [-0.2, -0.15) is 0 Å². The molecule has 3 heteroatoms. The van der Waals surface area contributed by atoms with Crippen LogP contribution in [0.15, 0.2) is 18.3 Å². The summed E-state index contributed by atoms with van der Waals surface area (Å²) in [6.07, 6.45) is 5.70. The number of aromatic nitrogens is 1. The Morgan fingerprint density at radius 3 is 2.88 bits per heavy atom. The summed E-state index contributed by atoms with van der Waals surface area (Å²) in [6, 6.07) is 4.43. The molecule has 1 aromatic heterocycles. The molecular weight excluding hydrogens is 212 g/mol. The quantitative estimate of drug-likeness (QED) is 0.787. The second-order valence-electron chi connectivity index (χ2n) is 4.86. The zero-order chi connectivity index (χ0) is 12.1. The summed E-state index contributed by atoms with van der Waals surface area (Å²) >= 11 is 0. The average molecular weight is 234 g/mol. The van der Waals surface area contributed by atoms with E-state index in [2.05, 4.69) is 30.2 Å². The summed E-state index contributed by atoms with van der Waals surface area (Å²) in [7, 11) is 0. The predicted molar refractivity (Wildman–Crippen MR) is 69.2 cm³/mol. The van der Waals surface area contributed by atoms with Gasteiger partial charge in [0.15, 0.2) is 0 Å². The Morgan fingerprint density at radius 2 is 2.29 bits per heavy atom. The lowest BCUT2D eigenvalue weighted by Crippen LogP contribution is -2.19. The molecule has 1 aliphatic carbocycles. The number of ether oxygens (including phenoxy) is 1. The Morgan fingerprint density at radius 1 is 1.47 bits per heavy atom. The molecular formula is C14H22N2O. The normalized spacial score (nSPS) is 16.8. The standard InChI is InChI=1S/C14H22N2O/c1-3-8-15-11(2)13-6-7-14(16-9-13)17-10-12-4-5-12/h6-7,9,11-12,15H,3-5,8,10H2,1-2H3. The fraction of sp³-hybridized carbons (Fsp3) is 0.643. The lowest BCUT2D eigenvalue weighted by atomic mass is 10.1. The van der Waals surface area contributed by atoms with Crippen LogP contribution in [0.25, 0.3) is 0 Å². The van der Waals surface area contributed by atoms with Crippen molar-refractivity contribution in [2.45, 2.75) is 39.2 Å². The summed E-state index contributed by atoms with van der Waals surface area (Å²) in [4.78, 5) is 4.35. The van der Waals surface area contributed by atoms with Crippen LogP contribution >= 0.6 is 0 Å². The van der Waals surface area contributed by atoms with Crippen molar-refractivity contribution in [3.8, 4) is 5.88 Å². The first-order valence-corrected chi connectivity index (χ1v) is 6.61. The van der Waals surface area contributed by atoms with Gasteiger partial charge in [-0.15, -0.1) is 0 Å². The first kappa shape index (κ1) is 12.4. The maximum Gasteiger partial charge on any atom is 0.213 e. The van der Waals surface area contributed by atoms with Crippen molar-refractivity contribution in [1.82, 2.24) is 10.3 Å². The molecule has 1 heterocycles. The molecule has 17 heavy (non-hydrogen) atoms. The van der Waals surface area contributed by atoms with Crippen LogP contribution < -0.4 is 10.1 Å². The van der Waals surface area contributed by atoms with E-state index in [0.717, 1.165) is 31.4 Å². The van der Waals surface area contributed by atoms with Crippen molar-refractivity contribution in [3.63, 3.8) is 0 Å². The Labute approximate surface area is 104 Å². The molecule has 1 aliphatic rings. The van der Waals surface area contributed by atoms with Crippen LogP contribution in [-0.2, 0) is 0 Å². The van der Waals surface area contributed by atoms with Gasteiger partial charge in [0.1, 0.15) is 0 Å². The summed E-state index contributed by atoms with van der Waals surface area (Å²) in [5.74, 6) is 1.53. The molecule has 0 amide bonds. The number of nitrogens with zero attached hydrogens (tertiary/aromatic N) is 1. The van der Waals surface area contributed by atoms with Gasteiger partial charge in [0, 0.05) is 18.3 Å². The summed E-state index contributed by atoms with van der Waals surface area (Å²) in [5, 5.41) is 3.45. The largest absolute Gasteiger partial charge is 0.477 e. The van der Waals surface area contributed by atoms with Crippen LogP contribution in [0, 0.1) is 5.92 Å². The van der Waals surface area contributed by atoms with Gasteiger partial charge in [-0.05, 0) is 44.2 Å². The second kappa shape index (κ2) is 6.01. The van der Waals surface area contributed by atoms with Crippen LogP contribution in [0.2, 0.25) is 0 Å². The van der Waals surface area contributed by atoms with E-state index in [0.29, 0.717) is 6.04 Å². The molecule has 0 aromatic carbocycles. The van der Waals surface area contributed by atoms with E-state index in [1.807, 2.05) is 12.3 Å². The summed E-state index contributed by atoms with van der Waals surface area (Å²) < 4.78 is 5.61. The van der Waals surface area contributed by atoms with Crippen molar-refractivity contribution in [3.05, 3.63) is 23.9 Å². The van der Waals surface area contributed by atoms with Crippen molar-refractivity contribution < 1.29 is 4.74 Å². The van der Waals surface area contributed by atoms with Crippen LogP contribution in [0.3, 0.4) is 0 Å². The van der Waals surface area contributed by atoms with Crippen LogP contribution in [0.4, 0.5) is 0 Å². The van der Waals surface area contributed by atoms with Crippen molar-refractivity contribution in [2.75, 3.05) is 13.2 Å². The number of hydrogen-bond donors (Lipinski definition) is 1. The number of rotatable bonds is 7. The Balaban J connectivity index is 1.82. The molecule has 0 radical (unpaired) electrons. The highest BCUT2D eigenvalue weighted by Gasteiger charge is 2.22. The molecule has 3 nitrogen and oxygen atoms in total. The van der Waals surface area contributed by atoms with E-state index < -0.39 is 0 Å². The van der Waals surface area contributed by atoms with Gasteiger partial charge in [0.05, 0.1) is 6.61 Å². The number of hydrogen-bond acceptors (Lipinski definition) is 3. The van der Waals surface area contributed by atoms with Gasteiger partial charge in [0.25, 0.3) is 0 Å². The fourth-order valence-corrected chi connectivity index (χ4v) is 1.70. The first-order chi connectivity index (χ1) is 8.29. The van der Waals surface area contributed by atoms with Crippen LogP contribution in [0.5, 0.6) is 5.88 Å². The van der Waals surface area contributed by atoms with E-state index in [1.54, 1.807) is 0 Å². The average Bonchev–Trinajstić information content (AvgIpc) is 3.18. The van der Waals surface area contributed by atoms with E-state index in [9.17, 15) is 0 Å². The number of nitrogens with one attached hydrogen (secondary N) is 1. The SMILES string of the molecule is CCCNC(C)c1ccc(OCC2CC2)nc1. The second-order valence-corrected chi connectivity index (χ2v) is 4.86. The van der Waals surface area contributed by atoms with Gasteiger partial charge in [-0.25, -0.2) is 4.98 Å². The van der Waals surface area contributed by atoms with Crippen molar-refractivity contribution >= 4 is 0 Å². The third-order valence-electron chi connectivity index (χ3n) is 3.12. The third kappa shape index (κ3) is 4.00. The van der Waals surface area contributed by atoms with Crippen LogP contribution in [-0.4, -0.2) is 18.1 Å². The fourth-order valence-electron chi connectivity index (χ4n) is 1.70. The molecule has 94 valence electrons. The molecule has 1 atom stereocenters. The minimum atomic E-state index is 0.361. The van der Waals surface area contributed by atoms with E-state index in [4.69, 9.17) is 4.74 Å². The highest BCUT2D eigenvalue weighted by Crippen LogP contribution is 2.29. The number of pyridine rings is 1. The van der Waals surface area contributed by atoms with Crippen molar-refractivity contribution in [2.24, 2.45) is 5.92 Å². The maximum absolute atomic E-state index is 5.61. The van der Waals surface area contributed by atoms with Crippen molar-refractivity contribution in [1.29, 1.82) is 0 Å². The monoisotopic (exact) mass is 234 g/mol. The van der Waals surface area contributed by atoms with E-state index >= 15 is 0 Å². The molecule has 1 aromatic rings. The Bertz CT molecular complexity index is 333. The molecule has 2 rings (SSSR count). The molecule has 1 fully saturated rings. The molecule has 1 saturated carbocycles. The minimum Gasteiger partial charge on any atom is -0.477 e. The minimum absolute atomic E-state index is 0.361. The van der Waals surface area contributed by atoms with Gasteiger partial charge >= 0.3 is 0 Å². The highest BCUT2D eigenvalue weighted by atomic mass is 16.5. The maximum atomic E-state index is 5.61.